The van der Waals surface area contributed by atoms with Crippen LogP contribution in [0.25, 0.3) is 0 Å². The first kappa shape index (κ1) is 18.3. The third kappa shape index (κ3) is 5.57. The van der Waals surface area contributed by atoms with Gasteiger partial charge in [0.15, 0.2) is 0 Å². The zero-order valence-electron chi connectivity index (χ0n) is 14.4. The number of rotatable bonds is 8. The van der Waals surface area contributed by atoms with Gasteiger partial charge < -0.3 is 18.3 Å². The Morgan fingerprint density at radius 3 is 1.80 bits per heavy atom. The second kappa shape index (κ2) is 8.05. The van der Waals surface area contributed by atoms with Crippen LogP contribution in [-0.2, 0) is 8.85 Å². The predicted octanol–water partition coefficient (Wildman–Crippen LogP) is 2.58. The van der Waals surface area contributed by atoms with E-state index in [1.807, 2.05) is 0 Å². The average Bonchev–Trinajstić information content (AvgIpc) is 2.38. The van der Waals surface area contributed by atoms with E-state index >= 15 is 0 Å². The Morgan fingerprint density at radius 2 is 1.35 bits per heavy atom. The van der Waals surface area contributed by atoms with Crippen molar-refractivity contribution in [2.24, 2.45) is 0 Å². The van der Waals surface area contributed by atoms with Crippen molar-refractivity contribution in [3.8, 4) is 0 Å². The number of nitrogens with zero attached hydrogens (tertiary/aromatic N) is 2. The van der Waals surface area contributed by atoms with Crippen LogP contribution in [0.1, 0.15) is 13.8 Å². The average molecular weight is 319 g/mol. The van der Waals surface area contributed by atoms with E-state index in [9.17, 15) is 0 Å². The molecule has 20 heavy (non-hydrogen) atoms. The molecule has 0 atom stereocenters. The van der Waals surface area contributed by atoms with Crippen molar-refractivity contribution in [2.75, 3.05) is 46.4 Å². The minimum atomic E-state index is -1.94. The van der Waals surface area contributed by atoms with Crippen molar-refractivity contribution in [3.63, 3.8) is 0 Å². The van der Waals surface area contributed by atoms with Gasteiger partial charge in [0.25, 0.3) is 0 Å². The molecule has 0 bridgehead atoms. The summed E-state index contributed by atoms with van der Waals surface area (Å²) in [6.45, 7) is 17.8. The van der Waals surface area contributed by atoms with E-state index in [1.54, 1.807) is 0 Å². The van der Waals surface area contributed by atoms with E-state index in [-0.39, 0.29) is 0 Å². The van der Waals surface area contributed by atoms with Gasteiger partial charge in [-0.15, -0.1) is 0 Å². The highest BCUT2D eigenvalue weighted by Crippen LogP contribution is 2.25. The summed E-state index contributed by atoms with van der Waals surface area (Å²) < 4.78 is 14.7. The molecule has 1 rings (SSSR count). The van der Waals surface area contributed by atoms with Crippen LogP contribution in [0.2, 0.25) is 31.7 Å². The molecule has 0 radical (unpaired) electrons. The largest absolute Gasteiger partial charge is 0.395 e. The van der Waals surface area contributed by atoms with E-state index in [0.717, 1.165) is 19.3 Å². The van der Waals surface area contributed by atoms with Crippen LogP contribution in [-0.4, -0.2) is 72.7 Å². The van der Waals surface area contributed by atoms with Crippen LogP contribution in [0.4, 0.5) is 0 Å². The summed E-state index contributed by atoms with van der Waals surface area (Å²) in [5.74, 6) is 0. The summed E-state index contributed by atoms with van der Waals surface area (Å²) in [6, 6.07) is 2.43. The zero-order valence-corrected chi connectivity index (χ0v) is 16.4. The normalized spacial score (nSPS) is 19.5. The Bertz CT molecular complexity index is 276. The SMILES string of the molecule is CCO[Si](C)(CC[Si](C)(C)N1CCN(C)CC1)OCC. The second-order valence-corrected chi connectivity index (χ2v) is 14.7. The van der Waals surface area contributed by atoms with Crippen molar-refractivity contribution in [1.29, 1.82) is 0 Å². The Kier molecular flexibility index (Phi) is 7.38. The first-order valence-electron chi connectivity index (χ1n) is 8.04. The van der Waals surface area contributed by atoms with E-state index in [2.05, 4.69) is 50.0 Å². The summed E-state index contributed by atoms with van der Waals surface area (Å²) in [7, 11) is -1.03. The van der Waals surface area contributed by atoms with Gasteiger partial charge in [0.05, 0.1) is 0 Å². The van der Waals surface area contributed by atoms with Crippen molar-refractivity contribution in [1.82, 2.24) is 9.47 Å². The number of hydrogen-bond acceptors (Lipinski definition) is 4. The first-order chi connectivity index (χ1) is 9.33. The van der Waals surface area contributed by atoms with Gasteiger partial charge in [0.1, 0.15) is 8.24 Å². The lowest BCUT2D eigenvalue weighted by molar-refractivity contribution is 0.189. The lowest BCUT2D eigenvalue weighted by Gasteiger charge is -2.43. The van der Waals surface area contributed by atoms with Gasteiger partial charge in [-0.1, -0.05) is 13.1 Å². The van der Waals surface area contributed by atoms with E-state index < -0.39 is 16.8 Å². The lowest BCUT2D eigenvalue weighted by atomic mass is 10.4. The van der Waals surface area contributed by atoms with Gasteiger partial charge in [0.2, 0.25) is 0 Å². The van der Waals surface area contributed by atoms with Crippen LogP contribution < -0.4 is 0 Å². The molecule has 0 aliphatic carbocycles. The monoisotopic (exact) mass is 318 g/mol. The minimum absolute atomic E-state index is 0.777. The third-order valence-electron chi connectivity index (χ3n) is 4.45. The summed E-state index contributed by atoms with van der Waals surface area (Å²) in [4.78, 5) is 2.43. The molecule has 1 aliphatic rings. The summed E-state index contributed by atoms with van der Waals surface area (Å²) >= 11 is 0. The Morgan fingerprint density at radius 1 is 0.850 bits per heavy atom. The van der Waals surface area contributed by atoms with Crippen molar-refractivity contribution < 1.29 is 8.85 Å². The summed E-state index contributed by atoms with van der Waals surface area (Å²) in [6.07, 6.45) is 0. The standard InChI is InChI=1S/C14H34N2O2Si2/c1-7-17-20(6,18-8-2)14-13-19(4,5)16-11-9-15(3)10-12-16/h7-14H2,1-6H3. The Balaban J connectivity index is 2.52. The zero-order chi connectivity index (χ0) is 15.2. The van der Waals surface area contributed by atoms with Gasteiger partial charge in [0, 0.05) is 39.4 Å². The lowest BCUT2D eigenvalue weighted by Crippen LogP contribution is -2.57. The van der Waals surface area contributed by atoms with Crippen LogP contribution >= 0.6 is 0 Å². The molecule has 6 heteroatoms. The molecule has 0 saturated carbocycles. The molecule has 120 valence electrons. The van der Waals surface area contributed by atoms with Crippen molar-refractivity contribution in [2.45, 2.75) is 45.6 Å². The molecule has 0 spiro atoms. The fraction of sp³-hybridized carbons (Fsp3) is 1.00. The maximum absolute atomic E-state index is 5.98. The molecule has 0 aromatic rings. The Labute approximate surface area is 127 Å². The van der Waals surface area contributed by atoms with Crippen LogP contribution in [0.15, 0.2) is 0 Å². The highest BCUT2D eigenvalue weighted by molar-refractivity contribution is 6.77. The number of piperazine rings is 1. The maximum Gasteiger partial charge on any atom is 0.334 e. The second-order valence-electron chi connectivity index (χ2n) is 6.60. The van der Waals surface area contributed by atoms with Crippen molar-refractivity contribution in [3.05, 3.63) is 0 Å². The van der Waals surface area contributed by atoms with Gasteiger partial charge in [-0.05, 0) is 39.5 Å². The molecular formula is C14H34N2O2Si2. The molecule has 0 aromatic heterocycles. The summed E-state index contributed by atoms with van der Waals surface area (Å²) in [5.41, 5.74) is 0. The smallest absolute Gasteiger partial charge is 0.334 e. The first-order valence-corrected chi connectivity index (χ1v) is 13.7. The molecular weight excluding hydrogens is 284 g/mol. The maximum atomic E-state index is 5.98. The van der Waals surface area contributed by atoms with Gasteiger partial charge in [-0.2, -0.15) is 0 Å². The van der Waals surface area contributed by atoms with Crippen molar-refractivity contribution >= 4 is 16.8 Å². The molecule has 0 unspecified atom stereocenters. The van der Waals surface area contributed by atoms with Gasteiger partial charge in [-0.25, -0.2) is 0 Å². The van der Waals surface area contributed by atoms with Crippen LogP contribution in [0.5, 0.6) is 0 Å². The predicted molar refractivity (Wildman–Crippen MR) is 91.0 cm³/mol. The van der Waals surface area contributed by atoms with Gasteiger partial charge in [-0.3, -0.25) is 0 Å². The molecule has 1 heterocycles. The van der Waals surface area contributed by atoms with E-state index in [0.29, 0.717) is 0 Å². The van der Waals surface area contributed by atoms with Gasteiger partial charge >= 0.3 is 8.56 Å². The fourth-order valence-corrected chi connectivity index (χ4v) is 10.5. The molecule has 4 nitrogen and oxygen atoms in total. The topological polar surface area (TPSA) is 24.9 Å². The molecule has 1 fully saturated rings. The van der Waals surface area contributed by atoms with E-state index in [1.165, 1.54) is 32.2 Å². The molecule has 0 amide bonds. The Hall–Kier alpha value is 0.274. The fourth-order valence-electron chi connectivity index (χ4n) is 2.90. The van der Waals surface area contributed by atoms with Crippen LogP contribution in [0.3, 0.4) is 0 Å². The molecule has 0 aromatic carbocycles. The van der Waals surface area contributed by atoms with E-state index in [4.69, 9.17) is 8.85 Å². The minimum Gasteiger partial charge on any atom is -0.395 e. The molecule has 1 saturated heterocycles. The quantitative estimate of drug-likeness (QED) is 0.642. The molecule has 1 aliphatic heterocycles. The summed E-state index contributed by atoms with van der Waals surface area (Å²) in [5, 5.41) is 0. The molecule has 0 N–H and O–H groups in total. The third-order valence-corrected chi connectivity index (χ3v) is 11.5. The highest BCUT2D eigenvalue weighted by Gasteiger charge is 2.37. The number of hydrogen-bond donors (Lipinski definition) is 0. The highest BCUT2D eigenvalue weighted by atomic mass is 28.4. The number of likely N-dealkylation sites (N-methyl/N-ethyl adjacent to an activating group) is 1. The van der Waals surface area contributed by atoms with Crippen LogP contribution in [0, 0.1) is 0 Å².